The molecular weight excluding hydrogens is 288 g/mol. The zero-order chi connectivity index (χ0) is 15.9. The third-order valence-electron chi connectivity index (χ3n) is 5.04. The van der Waals surface area contributed by atoms with Crippen molar-refractivity contribution in [3.63, 3.8) is 0 Å². The van der Waals surface area contributed by atoms with E-state index in [1.165, 1.54) is 37.8 Å². The Morgan fingerprint density at radius 2 is 1.70 bits per heavy atom. The molecule has 0 amide bonds. The monoisotopic (exact) mass is 318 g/mol. The van der Waals surface area contributed by atoms with E-state index < -0.39 is 0 Å². The molecule has 1 heterocycles. The molecule has 1 aromatic carbocycles. The number of piperazine rings is 1. The fraction of sp³-hybridized carbons (Fsp3) is 0.684. The second-order valence-corrected chi connectivity index (χ2v) is 6.87. The summed E-state index contributed by atoms with van der Waals surface area (Å²) in [5.74, 6) is 0. The number of rotatable bonds is 6. The van der Waals surface area contributed by atoms with Crippen LogP contribution in [0, 0.1) is 0 Å². The van der Waals surface area contributed by atoms with Crippen LogP contribution in [0.25, 0.3) is 0 Å². The number of β-amino-alcohol motifs (C(OH)–C–C–N with tert-alkyl or cyclic N) is 1. The molecule has 0 bridgehead atoms. The normalized spacial score (nSPS) is 22.2. The molecule has 4 heteroatoms. The first-order chi connectivity index (χ1) is 11.3. The maximum atomic E-state index is 10.2. The first-order valence-electron chi connectivity index (χ1n) is 9.13. The highest BCUT2D eigenvalue weighted by molar-refractivity contribution is 5.46. The molecular formula is C19H30N2O2. The minimum absolute atomic E-state index is 0.361. The SMILES string of the molecule is O[C@@H](COC1CCCCC1)CN1CCN(c2ccccc2)CC1. The number of anilines is 1. The van der Waals surface area contributed by atoms with E-state index in [4.69, 9.17) is 4.74 Å². The molecule has 4 nitrogen and oxygen atoms in total. The first kappa shape index (κ1) is 16.7. The minimum atomic E-state index is -0.361. The van der Waals surface area contributed by atoms with Crippen LogP contribution in [0.3, 0.4) is 0 Å². The lowest BCUT2D eigenvalue weighted by molar-refractivity contribution is -0.0336. The van der Waals surface area contributed by atoms with Gasteiger partial charge in [-0.1, -0.05) is 37.5 Å². The zero-order valence-electron chi connectivity index (χ0n) is 14.1. The number of para-hydroxylation sites is 1. The second kappa shape index (κ2) is 8.67. The predicted molar refractivity (Wildman–Crippen MR) is 93.9 cm³/mol. The van der Waals surface area contributed by atoms with E-state index >= 15 is 0 Å². The summed E-state index contributed by atoms with van der Waals surface area (Å²) in [6, 6.07) is 10.6. The van der Waals surface area contributed by atoms with Crippen molar-refractivity contribution in [2.45, 2.75) is 44.3 Å². The number of hydrogen-bond acceptors (Lipinski definition) is 4. The van der Waals surface area contributed by atoms with Crippen molar-refractivity contribution >= 4 is 5.69 Å². The van der Waals surface area contributed by atoms with Gasteiger partial charge in [-0.15, -0.1) is 0 Å². The van der Waals surface area contributed by atoms with Crippen LogP contribution < -0.4 is 4.90 Å². The van der Waals surface area contributed by atoms with Gasteiger partial charge in [-0.25, -0.2) is 0 Å². The molecule has 3 rings (SSSR count). The van der Waals surface area contributed by atoms with Crippen LogP contribution in [0.1, 0.15) is 32.1 Å². The maximum Gasteiger partial charge on any atom is 0.0900 e. The summed E-state index contributed by atoms with van der Waals surface area (Å²) in [7, 11) is 0. The van der Waals surface area contributed by atoms with E-state index in [0.29, 0.717) is 12.7 Å². The van der Waals surface area contributed by atoms with Crippen LogP contribution in [0.4, 0.5) is 5.69 Å². The highest BCUT2D eigenvalue weighted by atomic mass is 16.5. The molecule has 128 valence electrons. The number of nitrogens with zero attached hydrogens (tertiary/aromatic N) is 2. The summed E-state index contributed by atoms with van der Waals surface area (Å²) in [5, 5.41) is 10.2. The molecule has 1 aliphatic heterocycles. The van der Waals surface area contributed by atoms with Crippen molar-refractivity contribution in [1.82, 2.24) is 4.90 Å². The molecule has 1 saturated carbocycles. The van der Waals surface area contributed by atoms with Crippen molar-refractivity contribution < 1.29 is 9.84 Å². The van der Waals surface area contributed by atoms with Gasteiger partial charge in [0.25, 0.3) is 0 Å². The van der Waals surface area contributed by atoms with Gasteiger partial charge in [0, 0.05) is 38.4 Å². The summed E-state index contributed by atoms with van der Waals surface area (Å²) in [6.07, 6.45) is 6.26. The fourth-order valence-electron chi connectivity index (χ4n) is 3.66. The van der Waals surface area contributed by atoms with Gasteiger partial charge in [0.15, 0.2) is 0 Å². The number of hydrogen-bond donors (Lipinski definition) is 1. The van der Waals surface area contributed by atoms with Crippen LogP contribution in [0.5, 0.6) is 0 Å². The lowest BCUT2D eigenvalue weighted by Gasteiger charge is -2.37. The molecule has 0 spiro atoms. The summed E-state index contributed by atoms with van der Waals surface area (Å²) >= 11 is 0. The molecule has 0 unspecified atom stereocenters. The van der Waals surface area contributed by atoms with Crippen LogP contribution in [0.15, 0.2) is 30.3 Å². The van der Waals surface area contributed by atoms with Crippen LogP contribution in [-0.2, 0) is 4.74 Å². The summed E-state index contributed by atoms with van der Waals surface area (Å²) in [5.41, 5.74) is 1.30. The molecule has 1 atom stereocenters. The third kappa shape index (κ3) is 5.20. The maximum absolute atomic E-state index is 10.2. The average molecular weight is 318 g/mol. The van der Waals surface area contributed by atoms with Crippen molar-refractivity contribution in [3.8, 4) is 0 Å². The summed E-state index contributed by atoms with van der Waals surface area (Å²) < 4.78 is 5.89. The van der Waals surface area contributed by atoms with Gasteiger partial charge < -0.3 is 14.7 Å². The van der Waals surface area contributed by atoms with Gasteiger partial charge in [0.05, 0.1) is 18.8 Å². The van der Waals surface area contributed by atoms with Gasteiger partial charge >= 0.3 is 0 Å². The van der Waals surface area contributed by atoms with Gasteiger partial charge in [0.2, 0.25) is 0 Å². The average Bonchev–Trinajstić information content (AvgIpc) is 2.62. The van der Waals surface area contributed by atoms with Gasteiger partial charge in [-0.2, -0.15) is 0 Å². The Kier molecular flexibility index (Phi) is 6.31. The van der Waals surface area contributed by atoms with E-state index in [2.05, 4.69) is 40.1 Å². The minimum Gasteiger partial charge on any atom is -0.389 e. The molecule has 2 fully saturated rings. The Hall–Kier alpha value is -1.10. The van der Waals surface area contributed by atoms with E-state index in [0.717, 1.165) is 32.7 Å². The Bertz CT molecular complexity index is 440. The highest BCUT2D eigenvalue weighted by Crippen LogP contribution is 2.20. The predicted octanol–water partition coefficient (Wildman–Crippen LogP) is 2.52. The van der Waals surface area contributed by atoms with Crippen molar-refractivity contribution in [1.29, 1.82) is 0 Å². The van der Waals surface area contributed by atoms with E-state index in [1.54, 1.807) is 0 Å². The lowest BCUT2D eigenvalue weighted by atomic mass is 9.98. The Morgan fingerprint density at radius 3 is 2.39 bits per heavy atom. The molecule has 2 aliphatic rings. The third-order valence-corrected chi connectivity index (χ3v) is 5.04. The van der Waals surface area contributed by atoms with Crippen molar-refractivity contribution in [2.75, 3.05) is 44.2 Å². The molecule has 1 aliphatic carbocycles. The van der Waals surface area contributed by atoms with E-state index in [1.807, 2.05) is 0 Å². The molecule has 1 aromatic rings. The molecule has 0 aromatic heterocycles. The lowest BCUT2D eigenvalue weighted by Crippen LogP contribution is -2.49. The number of aliphatic hydroxyl groups is 1. The molecule has 0 radical (unpaired) electrons. The fourth-order valence-corrected chi connectivity index (χ4v) is 3.66. The largest absolute Gasteiger partial charge is 0.389 e. The number of aliphatic hydroxyl groups excluding tert-OH is 1. The second-order valence-electron chi connectivity index (χ2n) is 6.87. The van der Waals surface area contributed by atoms with Crippen LogP contribution in [-0.4, -0.2) is 61.5 Å². The summed E-state index contributed by atoms with van der Waals surface area (Å²) in [6.45, 7) is 5.30. The Labute approximate surface area is 140 Å². The highest BCUT2D eigenvalue weighted by Gasteiger charge is 2.21. The van der Waals surface area contributed by atoms with Crippen molar-refractivity contribution in [3.05, 3.63) is 30.3 Å². The topological polar surface area (TPSA) is 35.9 Å². The molecule has 1 N–H and O–H groups in total. The summed E-state index contributed by atoms with van der Waals surface area (Å²) in [4.78, 5) is 4.77. The smallest absolute Gasteiger partial charge is 0.0900 e. The van der Waals surface area contributed by atoms with E-state index in [-0.39, 0.29) is 6.10 Å². The Balaban J connectivity index is 1.35. The number of ether oxygens (including phenoxy) is 1. The van der Waals surface area contributed by atoms with Crippen LogP contribution >= 0.6 is 0 Å². The first-order valence-corrected chi connectivity index (χ1v) is 9.13. The Morgan fingerprint density at radius 1 is 1.00 bits per heavy atom. The van der Waals surface area contributed by atoms with Crippen molar-refractivity contribution in [2.24, 2.45) is 0 Å². The number of benzene rings is 1. The molecule has 23 heavy (non-hydrogen) atoms. The zero-order valence-corrected chi connectivity index (χ0v) is 14.1. The molecule has 1 saturated heterocycles. The van der Waals surface area contributed by atoms with Crippen LogP contribution in [0.2, 0.25) is 0 Å². The standard InChI is InChI=1S/C19H30N2O2/c22-18(16-23-19-9-5-2-6-10-19)15-20-11-13-21(14-12-20)17-7-3-1-4-8-17/h1,3-4,7-8,18-19,22H,2,5-6,9-16H2/t18-/m1/s1. The quantitative estimate of drug-likeness (QED) is 0.874. The van der Waals surface area contributed by atoms with Gasteiger partial charge in [-0.05, 0) is 25.0 Å². The van der Waals surface area contributed by atoms with E-state index in [9.17, 15) is 5.11 Å². The van der Waals surface area contributed by atoms with Gasteiger partial charge in [-0.3, -0.25) is 4.90 Å². The van der Waals surface area contributed by atoms with Gasteiger partial charge in [0.1, 0.15) is 0 Å².